The van der Waals surface area contributed by atoms with Crippen LogP contribution in [0.5, 0.6) is 11.5 Å². The topological polar surface area (TPSA) is 63.6 Å². The normalized spacial score (nSPS) is 16.8. The second-order valence-corrected chi connectivity index (χ2v) is 8.46. The standard InChI is InChI=1S/C22H38N2O5/c1-22(2,3)29-17-19(25)16-24(9-8-23-10-12-28-13-11-23)15-18-6-7-20(26-4)21(14-18)27-5/h6-7,14,19,25H,8-13,15-17H2,1-5H3. The number of aliphatic hydroxyl groups excluding tert-OH is 1. The molecule has 29 heavy (non-hydrogen) atoms. The van der Waals surface area contributed by atoms with E-state index in [0.717, 1.165) is 63.0 Å². The van der Waals surface area contributed by atoms with Gasteiger partial charge in [0.05, 0.1) is 45.7 Å². The number of methoxy groups -OCH3 is 2. The van der Waals surface area contributed by atoms with Crippen molar-refractivity contribution in [2.24, 2.45) is 0 Å². The van der Waals surface area contributed by atoms with E-state index < -0.39 is 6.10 Å². The lowest BCUT2D eigenvalue weighted by Gasteiger charge is -2.31. The van der Waals surface area contributed by atoms with Crippen LogP contribution in [0.1, 0.15) is 26.3 Å². The average molecular weight is 411 g/mol. The molecular formula is C22H38N2O5. The molecule has 1 atom stereocenters. The Bertz CT molecular complexity index is 599. The quantitative estimate of drug-likeness (QED) is 0.599. The van der Waals surface area contributed by atoms with Gasteiger partial charge in [-0.15, -0.1) is 0 Å². The van der Waals surface area contributed by atoms with Crippen LogP contribution in [0, 0.1) is 0 Å². The van der Waals surface area contributed by atoms with Crippen LogP contribution in [-0.4, -0.2) is 93.4 Å². The lowest BCUT2D eigenvalue weighted by atomic mass is 10.1. The zero-order valence-corrected chi connectivity index (χ0v) is 18.6. The summed E-state index contributed by atoms with van der Waals surface area (Å²) < 4.78 is 22.0. The predicted molar refractivity (Wildman–Crippen MR) is 114 cm³/mol. The molecule has 0 aromatic heterocycles. The highest BCUT2D eigenvalue weighted by Crippen LogP contribution is 2.28. The SMILES string of the molecule is COc1ccc(CN(CCN2CCOCC2)CC(O)COC(C)(C)C)cc1OC. The maximum atomic E-state index is 10.5. The maximum absolute atomic E-state index is 10.5. The second kappa shape index (κ2) is 11.7. The molecule has 7 heteroatoms. The minimum atomic E-state index is -0.543. The van der Waals surface area contributed by atoms with Gasteiger partial charge in [0.2, 0.25) is 0 Å². The van der Waals surface area contributed by atoms with E-state index in [0.29, 0.717) is 13.2 Å². The van der Waals surface area contributed by atoms with Crippen LogP contribution in [0.3, 0.4) is 0 Å². The van der Waals surface area contributed by atoms with Crippen LogP contribution in [0.15, 0.2) is 18.2 Å². The monoisotopic (exact) mass is 410 g/mol. The minimum Gasteiger partial charge on any atom is -0.493 e. The first kappa shape index (κ1) is 23.9. The molecule has 1 aliphatic rings. The van der Waals surface area contributed by atoms with E-state index in [9.17, 15) is 5.11 Å². The molecule has 1 aromatic rings. The molecule has 0 radical (unpaired) electrons. The summed E-state index contributed by atoms with van der Waals surface area (Å²) in [6.07, 6.45) is -0.543. The van der Waals surface area contributed by atoms with E-state index in [-0.39, 0.29) is 5.60 Å². The molecule has 1 aromatic carbocycles. The van der Waals surface area contributed by atoms with Gasteiger partial charge in [-0.1, -0.05) is 6.07 Å². The summed E-state index contributed by atoms with van der Waals surface area (Å²) in [6.45, 7) is 12.9. The molecule has 0 saturated carbocycles. The van der Waals surface area contributed by atoms with Crippen molar-refractivity contribution in [2.45, 2.75) is 39.0 Å². The van der Waals surface area contributed by atoms with Crippen molar-refractivity contribution >= 4 is 0 Å². The summed E-state index contributed by atoms with van der Waals surface area (Å²) in [5.74, 6) is 1.43. The van der Waals surface area contributed by atoms with Gasteiger partial charge < -0.3 is 24.1 Å². The zero-order chi connectivity index (χ0) is 21.3. The van der Waals surface area contributed by atoms with Gasteiger partial charge in [-0.05, 0) is 38.5 Å². The molecule has 166 valence electrons. The van der Waals surface area contributed by atoms with Gasteiger partial charge in [-0.25, -0.2) is 0 Å². The van der Waals surface area contributed by atoms with Gasteiger partial charge in [-0.2, -0.15) is 0 Å². The molecule has 1 saturated heterocycles. The molecule has 1 heterocycles. The molecule has 0 amide bonds. The minimum absolute atomic E-state index is 0.261. The fourth-order valence-corrected chi connectivity index (χ4v) is 3.28. The number of hydrogen-bond donors (Lipinski definition) is 1. The van der Waals surface area contributed by atoms with E-state index in [1.165, 1.54) is 0 Å². The number of ether oxygens (including phenoxy) is 4. The molecule has 0 bridgehead atoms. The summed E-state index contributed by atoms with van der Waals surface area (Å²) in [4.78, 5) is 4.68. The van der Waals surface area contributed by atoms with E-state index >= 15 is 0 Å². The number of morpholine rings is 1. The number of aliphatic hydroxyl groups is 1. The lowest BCUT2D eigenvalue weighted by molar-refractivity contribution is -0.0575. The molecular weight excluding hydrogens is 372 g/mol. The van der Waals surface area contributed by atoms with E-state index in [1.54, 1.807) is 14.2 Å². The Labute approximate surface area is 175 Å². The molecule has 0 spiro atoms. The molecule has 1 N–H and O–H groups in total. The Kier molecular flexibility index (Phi) is 9.65. The Morgan fingerprint density at radius 1 is 1.14 bits per heavy atom. The van der Waals surface area contributed by atoms with E-state index in [2.05, 4.69) is 9.80 Å². The first-order valence-corrected chi connectivity index (χ1v) is 10.4. The highest BCUT2D eigenvalue weighted by molar-refractivity contribution is 5.42. The number of nitrogens with zero attached hydrogens (tertiary/aromatic N) is 2. The second-order valence-electron chi connectivity index (χ2n) is 8.46. The largest absolute Gasteiger partial charge is 0.493 e. The van der Waals surface area contributed by atoms with Crippen LogP contribution >= 0.6 is 0 Å². The third kappa shape index (κ3) is 8.88. The Morgan fingerprint density at radius 3 is 2.45 bits per heavy atom. The first-order chi connectivity index (χ1) is 13.8. The van der Waals surface area contributed by atoms with Gasteiger partial charge in [0.15, 0.2) is 11.5 Å². The fourth-order valence-electron chi connectivity index (χ4n) is 3.28. The van der Waals surface area contributed by atoms with Gasteiger partial charge >= 0.3 is 0 Å². The Morgan fingerprint density at radius 2 is 1.83 bits per heavy atom. The lowest BCUT2D eigenvalue weighted by Crippen LogP contribution is -2.43. The van der Waals surface area contributed by atoms with Crippen molar-refractivity contribution in [3.8, 4) is 11.5 Å². The Hall–Kier alpha value is -1.38. The van der Waals surface area contributed by atoms with Gasteiger partial charge in [0, 0.05) is 39.3 Å². The van der Waals surface area contributed by atoms with Crippen LogP contribution in [0.25, 0.3) is 0 Å². The van der Waals surface area contributed by atoms with E-state index in [4.69, 9.17) is 18.9 Å². The summed E-state index contributed by atoms with van der Waals surface area (Å²) in [5.41, 5.74) is 0.858. The number of rotatable bonds is 11. The summed E-state index contributed by atoms with van der Waals surface area (Å²) in [7, 11) is 3.28. The Balaban J connectivity index is 2.00. The van der Waals surface area contributed by atoms with Crippen LogP contribution in [0.2, 0.25) is 0 Å². The summed E-state index contributed by atoms with van der Waals surface area (Å²) in [5, 5.41) is 10.5. The van der Waals surface area contributed by atoms with Crippen molar-refractivity contribution in [1.29, 1.82) is 0 Å². The highest BCUT2D eigenvalue weighted by Gasteiger charge is 2.19. The van der Waals surface area contributed by atoms with Crippen molar-refractivity contribution in [1.82, 2.24) is 9.80 Å². The molecule has 0 aliphatic carbocycles. The third-order valence-electron chi connectivity index (χ3n) is 4.87. The fraction of sp³-hybridized carbons (Fsp3) is 0.727. The smallest absolute Gasteiger partial charge is 0.161 e. The van der Waals surface area contributed by atoms with Crippen molar-refractivity contribution in [3.63, 3.8) is 0 Å². The van der Waals surface area contributed by atoms with Gasteiger partial charge in [-0.3, -0.25) is 9.80 Å². The molecule has 1 fully saturated rings. The predicted octanol–water partition coefficient (Wildman–Crippen LogP) is 2.01. The maximum Gasteiger partial charge on any atom is 0.161 e. The third-order valence-corrected chi connectivity index (χ3v) is 4.87. The number of hydrogen-bond acceptors (Lipinski definition) is 7. The highest BCUT2D eigenvalue weighted by atomic mass is 16.5. The average Bonchev–Trinajstić information content (AvgIpc) is 2.70. The summed E-state index contributed by atoms with van der Waals surface area (Å²) >= 11 is 0. The summed E-state index contributed by atoms with van der Waals surface area (Å²) in [6, 6.07) is 5.97. The molecule has 7 nitrogen and oxygen atoms in total. The number of benzene rings is 1. The zero-order valence-electron chi connectivity index (χ0n) is 18.6. The first-order valence-electron chi connectivity index (χ1n) is 10.4. The van der Waals surface area contributed by atoms with Crippen LogP contribution in [-0.2, 0) is 16.0 Å². The van der Waals surface area contributed by atoms with Crippen molar-refractivity contribution < 1.29 is 24.1 Å². The van der Waals surface area contributed by atoms with Crippen molar-refractivity contribution in [2.75, 3.05) is 66.8 Å². The van der Waals surface area contributed by atoms with Gasteiger partial charge in [0.25, 0.3) is 0 Å². The van der Waals surface area contributed by atoms with Crippen LogP contribution < -0.4 is 9.47 Å². The molecule has 1 unspecified atom stereocenters. The molecule has 1 aliphatic heterocycles. The van der Waals surface area contributed by atoms with Crippen molar-refractivity contribution in [3.05, 3.63) is 23.8 Å². The van der Waals surface area contributed by atoms with Gasteiger partial charge in [0.1, 0.15) is 0 Å². The van der Waals surface area contributed by atoms with Crippen LogP contribution in [0.4, 0.5) is 0 Å². The van der Waals surface area contributed by atoms with E-state index in [1.807, 2.05) is 39.0 Å². The molecule has 2 rings (SSSR count).